The molecule has 0 fully saturated rings. The lowest BCUT2D eigenvalue weighted by molar-refractivity contribution is -0.111. The summed E-state index contributed by atoms with van der Waals surface area (Å²) in [5.41, 5.74) is 1.26. The van der Waals surface area contributed by atoms with Crippen LogP contribution in [0.15, 0.2) is 23.8 Å². The predicted octanol–water partition coefficient (Wildman–Crippen LogP) is 3.51. The van der Waals surface area contributed by atoms with E-state index in [0.29, 0.717) is 5.92 Å². The van der Waals surface area contributed by atoms with E-state index >= 15 is 0 Å². The Morgan fingerprint density at radius 1 is 1.57 bits per heavy atom. The van der Waals surface area contributed by atoms with Gasteiger partial charge in [0.1, 0.15) is 0 Å². The first-order valence-corrected chi connectivity index (χ1v) is 5.33. The zero-order valence-corrected chi connectivity index (χ0v) is 9.63. The number of carbonyl (C=O) groups is 1. The van der Waals surface area contributed by atoms with E-state index in [4.69, 9.17) is 0 Å². The normalized spacial score (nSPS) is 26.3. The van der Waals surface area contributed by atoms with E-state index in [0.717, 1.165) is 18.4 Å². The molecule has 1 heteroatoms. The highest BCUT2D eigenvalue weighted by Gasteiger charge is 2.31. The van der Waals surface area contributed by atoms with Crippen LogP contribution in [0.1, 0.15) is 40.5 Å². The molecular weight excluding hydrogens is 172 g/mol. The maximum absolute atomic E-state index is 11.6. The first kappa shape index (κ1) is 11.2. The van der Waals surface area contributed by atoms with Gasteiger partial charge in [0.15, 0.2) is 5.78 Å². The van der Waals surface area contributed by atoms with Gasteiger partial charge in [-0.3, -0.25) is 4.79 Å². The van der Waals surface area contributed by atoms with Crippen molar-refractivity contribution in [2.75, 3.05) is 0 Å². The zero-order chi connectivity index (χ0) is 10.8. The smallest absolute Gasteiger partial charge is 0.181 e. The van der Waals surface area contributed by atoms with Crippen LogP contribution in [0.3, 0.4) is 0 Å². The highest BCUT2D eigenvalue weighted by Crippen LogP contribution is 2.40. The van der Waals surface area contributed by atoms with Crippen molar-refractivity contribution in [1.82, 2.24) is 0 Å². The van der Waals surface area contributed by atoms with Crippen LogP contribution in [-0.4, -0.2) is 5.78 Å². The summed E-state index contributed by atoms with van der Waals surface area (Å²) < 4.78 is 0. The number of rotatable bonds is 2. The molecule has 1 unspecified atom stereocenters. The molecule has 0 N–H and O–H groups in total. The van der Waals surface area contributed by atoms with Crippen LogP contribution in [0.4, 0.5) is 0 Å². The molecule has 1 aliphatic rings. The Morgan fingerprint density at radius 2 is 2.21 bits per heavy atom. The summed E-state index contributed by atoms with van der Waals surface area (Å²) in [6, 6.07) is 0. The van der Waals surface area contributed by atoms with E-state index in [1.54, 1.807) is 6.08 Å². The summed E-state index contributed by atoms with van der Waals surface area (Å²) in [6.45, 7) is 8.63. The van der Waals surface area contributed by atoms with Crippen molar-refractivity contribution in [1.29, 1.82) is 0 Å². The average Bonchev–Trinajstić information content (AvgIpc) is 2.10. The Balaban J connectivity index is 2.80. The van der Waals surface area contributed by atoms with Crippen molar-refractivity contribution in [2.45, 2.75) is 40.5 Å². The molecule has 14 heavy (non-hydrogen) atoms. The number of carbonyl (C=O) groups excluding carboxylic acids is 1. The lowest BCUT2D eigenvalue weighted by Crippen LogP contribution is -2.27. The molecule has 0 saturated heterocycles. The minimum absolute atomic E-state index is 0.187. The highest BCUT2D eigenvalue weighted by molar-refractivity contribution is 6.04. The molecular formula is C13H20O. The molecule has 0 spiro atoms. The second-order valence-corrected chi connectivity index (χ2v) is 4.90. The van der Waals surface area contributed by atoms with Crippen molar-refractivity contribution in [3.8, 4) is 0 Å². The monoisotopic (exact) mass is 192 g/mol. The Labute approximate surface area is 86.9 Å². The summed E-state index contributed by atoms with van der Waals surface area (Å²) in [5, 5.41) is 0. The molecule has 1 atom stereocenters. The zero-order valence-electron chi connectivity index (χ0n) is 9.63. The van der Waals surface area contributed by atoms with Crippen LogP contribution in [0.2, 0.25) is 0 Å². The van der Waals surface area contributed by atoms with Gasteiger partial charge in [0.2, 0.25) is 0 Å². The van der Waals surface area contributed by atoms with Crippen LogP contribution in [-0.2, 0) is 4.79 Å². The van der Waals surface area contributed by atoms with Crippen LogP contribution in [0.5, 0.6) is 0 Å². The first-order valence-electron chi connectivity index (χ1n) is 5.33. The number of allylic oxidation sites excluding steroid dienone is 4. The van der Waals surface area contributed by atoms with Crippen molar-refractivity contribution in [2.24, 2.45) is 11.3 Å². The minimum atomic E-state index is 0.187. The third kappa shape index (κ3) is 2.34. The maximum Gasteiger partial charge on any atom is 0.181 e. The third-order valence-corrected chi connectivity index (χ3v) is 3.33. The fourth-order valence-corrected chi connectivity index (χ4v) is 1.82. The Bertz CT molecular complexity index is 282. The summed E-state index contributed by atoms with van der Waals surface area (Å²) in [7, 11) is 0. The van der Waals surface area contributed by atoms with E-state index in [9.17, 15) is 4.79 Å². The summed E-state index contributed by atoms with van der Waals surface area (Å²) in [5.74, 6) is 0.858. The molecule has 0 aromatic carbocycles. The Kier molecular flexibility index (Phi) is 3.30. The van der Waals surface area contributed by atoms with Gasteiger partial charge in [-0.25, -0.2) is 0 Å². The SMILES string of the molecule is CC=CC(=O)C1=CCC(C)C(C)(C)C1. The fraction of sp³-hybridized carbons (Fsp3) is 0.615. The lowest BCUT2D eigenvalue weighted by atomic mass is 9.69. The molecule has 0 amide bonds. The van der Waals surface area contributed by atoms with Crippen LogP contribution >= 0.6 is 0 Å². The number of hydrogen-bond acceptors (Lipinski definition) is 1. The van der Waals surface area contributed by atoms with E-state index < -0.39 is 0 Å². The van der Waals surface area contributed by atoms with Gasteiger partial charge in [0.05, 0.1) is 0 Å². The summed E-state index contributed by atoms with van der Waals surface area (Å²) >= 11 is 0. The largest absolute Gasteiger partial charge is 0.290 e. The molecule has 0 aromatic rings. The predicted molar refractivity (Wildman–Crippen MR) is 60.1 cm³/mol. The van der Waals surface area contributed by atoms with Gasteiger partial charge in [-0.2, -0.15) is 0 Å². The average molecular weight is 192 g/mol. The van der Waals surface area contributed by atoms with Crippen molar-refractivity contribution >= 4 is 5.78 Å². The molecule has 0 aromatic heterocycles. The maximum atomic E-state index is 11.6. The van der Waals surface area contributed by atoms with E-state index in [-0.39, 0.29) is 11.2 Å². The van der Waals surface area contributed by atoms with Gasteiger partial charge < -0.3 is 0 Å². The van der Waals surface area contributed by atoms with Crippen LogP contribution in [0, 0.1) is 11.3 Å². The van der Waals surface area contributed by atoms with Gasteiger partial charge >= 0.3 is 0 Å². The number of ketones is 1. The summed E-state index contributed by atoms with van der Waals surface area (Å²) in [4.78, 5) is 11.6. The third-order valence-electron chi connectivity index (χ3n) is 3.33. The molecule has 1 aliphatic carbocycles. The quantitative estimate of drug-likeness (QED) is 0.612. The van der Waals surface area contributed by atoms with Crippen LogP contribution in [0.25, 0.3) is 0 Å². The van der Waals surface area contributed by atoms with E-state index in [1.807, 2.05) is 13.0 Å². The minimum Gasteiger partial charge on any atom is -0.290 e. The number of hydrogen-bond donors (Lipinski definition) is 0. The van der Waals surface area contributed by atoms with Gasteiger partial charge in [0, 0.05) is 0 Å². The molecule has 0 heterocycles. The highest BCUT2D eigenvalue weighted by atomic mass is 16.1. The van der Waals surface area contributed by atoms with Gasteiger partial charge in [-0.1, -0.05) is 32.9 Å². The van der Waals surface area contributed by atoms with Crippen molar-refractivity contribution in [3.63, 3.8) is 0 Å². The van der Waals surface area contributed by atoms with E-state index in [2.05, 4.69) is 26.8 Å². The fourth-order valence-electron chi connectivity index (χ4n) is 1.82. The van der Waals surface area contributed by atoms with Gasteiger partial charge in [-0.05, 0) is 42.7 Å². The molecule has 0 bridgehead atoms. The second kappa shape index (κ2) is 4.12. The molecule has 0 saturated carbocycles. The molecule has 1 nitrogen and oxygen atoms in total. The van der Waals surface area contributed by atoms with Crippen molar-refractivity contribution in [3.05, 3.63) is 23.8 Å². The lowest BCUT2D eigenvalue weighted by Gasteiger charge is -2.35. The Morgan fingerprint density at radius 3 is 2.71 bits per heavy atom. The van der Waals surface area contributed by atoms with Crippen molar-refractivity contribution < 1.29 is 4.79 Å². The van der Waals surface area contributed by atoms with Gasteiger partial charge in [-0.15, -0.1) is 0 Å². The first-order chi connectivity index (χ1) is 6.47. The molecule has 78 valence electrons. The van der Waals surface area contributed by atoms with Crippen LogP contribution < -0.4 is 0 Å². The molecule has 0 aliphatic heterocycles. The Hall–Kier alpha value is -0.850. The second-order valence-electron chi connectivity index (χ2n) is 4.90. The standard InChI is InChI=1S/C13H20O/c1-5-6-12(14)11-8-7-10(2)13(3,4)9-11/h5-6,8,10H,7,9H2,1-4H3. The van der Waals surface area contributed by atoms with E-state index in [1.165, 1.54) is 0 Å². The van der Waals surface area contributed by atoms with Gasteiger partial charge in [0.25, 0.3) is 0 Å². The molecule has 0 radical (unpaired) electrons. The summed E-state index contributed by atoms with van der Waals surface area (Å²) in [6.07, 6.45) is 7.54. The molecule has 1 rings (SSSR count). The topological polar surface area (TPSA) is 17.1 Å².